The van der Waals surface area contributed by atoms with Crippen LogP contribution >= 0.6 is 11.3 Å². The molecule has 2 aromatic heterocycles. The van der Waals surface area contributed by atoms with Crippen molar-refractivity contribution in [2.45, 2.75) is 32.2 Å². The van der Waals surface area contributed by atoms with Crippen LogP contribution < -0.4 is 0 Å². The summed E-state index contributed by atoms with van der Waals surface area (Å²) < 4.78 is 5.32. The maximum absolute atomic E-state index is 12.4. The van der Waals surface area contributed by atoms with Crippen molar-refractivity contribution >= 4 is 17.2 Å². The Balaban J connectivity index is 1.74. The molecule has 1 aliphatic heterocycles. The summed E-state index contributed by atoms with van der Waals surface area (Å²) in [5, 5.41) is 7.95. The molecule has 0 radical (unpaired) electrons. The number of hydrogen-bond acceptors (Lipinski definition) is 4. The van der Waals surface area contributed by atoms with Crippen LogP contribution in [0.3, 0.4) is 0 Å². The monoisotopic (exact) mass is 276 g/mol. The van der Waals surface area contributed by atoms with Gasteiger partial charge in [0, 0.05) is 12.6 Å². The van der Waals surface area contributed by atoms with Gasteiger partial charge in [0.15, 0.2) is 5.76 Å². The Morgan fingerprint density at radius 3 is 3.21 bits per heavy atom. The van der Waals surface area contributed by atoms with Crippen LogP contribution in [0.5, 0.6) is 0 Å². The molecule has 3 heterocycles. The van der Waals surface area contributed by atoms with E-state index in [1.807, 2.05) is 34.7 Å². The van der Waals surface area contributed by atoms with E-state index in [4.69, 9.17) is 4.52 Å². The van der Waals surface area contributed by atoms with E-state index in [1.165, 1.54) is 0 Å². The molecule has 1 unspecified atom stereocenters. The summed E-state index contributed by atoms with van der Waals surface area (Å²) in [4.78, 5) is 14.3. The van der Waals surface area contributed by atoms with E-state index in [9.17, 15) is 4.79 Å². The number of carbonyl (C=O) groups is 1. The number of nitrogens with zero attached hydrogens (tertiary/aromatic N) is 2. The fourth-order valence-corrected chi connectivity index (χ4v) is 3.24. The predicted octanol–water partition coefficient (Wildman–Crippen LogP) is 2.95. The molecule has 2 aromatic rings. The van der Waals surface area contributed by atoms with Crippen LogP contribution in [0.25, 0.3) is 0 Å². The molecule has 1 fully saturated rings. The molecule has 1 aliphatic rings. The minimum Gasteiger partial charge on any atom is -0.359 e. The van der Waals surface area contributed by atoms with E-state index < -0.39 is 0 Å². The molecule has 4 nitrogen and oxygen atoms in total. The number of amides is 1. The van der Waals surface area contributed by atoms with E-state index in [2.05, 4.69) is 5.16 Å². The largest absolute Gasteiger partial charge is 0.359 e. The molecule has 0 spiro atoms. The maximum atomic E-state index is 12.4. The van der Waals surface area contributed by atoms with Crippen molar-refractivity contribution in [1.82, 2.24) is 10.1 Å². The summed E-state index contributed by atoms with van der Waals surface area (Å²) in [6.07, 6.45) is 2.47. The molecule has 0 aromatic carbocycles. The number of aryl methyl sites for hydroxylation is 1. The first-order valence-electron chi connectivity index (χ1n) is 6.48. The topological polar surface area (TPSA) is 46.3 Å². The summed E-state index contributed by atoms with van der Waals surface area (Å²) in [6, 6.07) is 4.00. The van der Waals surface area contributed by atoms with Crippen LogP contribution in [0.15, 0.2) is 27.4 Å². The van der Waals surface area contributed by atoms with Crippen molar-refractivity contribution in [3.63, 3.8) is 0 Å². The molecule has 0 N–H and O–H groups in total. The van der Waals surface area contributed by atoms with Crippen LogP contribution in [0.4, 0.5) is 0 Å². The first-order chi connectivity index (χ1) is 9.24. The highest BCUT2D eigenvalue weighted by molar-refractivity contribution is 7.07. The Labute approximate surface area is 116 Å². The number of aromatic nitrogens is 1. The average molecular weight is 276 g/mol. The minimum atomic E-state index is 0.0623. The molecular formula is C14H16N2O2S. The first-order valence-corrected chi connectivity index (χ1v) is 7.42. The molecule has 100 valence electrons. The Morgan fingerprint density at radius 2 is 2.53 bits per heavy atom. The number of thiophene rings is 1. The fourth-order valence-electron chi connectivity index (χ4n) is 2.57. The third kappa shape index (κ3) is 2.56. The first kappa shape index (κ1) is 12.4. The highest BCUT2D eigenvalue weighted by Gasteiger charge is 2.32. The molecule has 3 rings (SSSR count). The second-order valence-electron chi connectivity index (χ2n) is 4.92. The van der Waals surface area contributed by atoms with Crippen molar-refractivity contribution in [3.05, 3.63) is 39.9 Å². The highest BCUT2D eigenvalue weighted by atomic mass is 32.1. The van der Waals surface area contributed by atoms with Crippen molar-refractivity contribution in [2.75, 3.05) is 6.54 Å². The molecule has 19 heavy (non-hydrogen) atoms. The van der Waals surface area contributed by atoms with E-state index in [-0.39, 0.29) is 11.9 Å². The molecule has 1 saturated heterocycles. The number of carbonyl (C=O) groups excluding carboxylic acids is 1. The van der Waals surface area contributed by atoms with Crippen molar-refractivity contribution in [3.8, 4) is 0 Å². The lowest BCUT2D eigenvalue weighted by atomic mass is 10.1. The number of hydrogen-bond donors (Lipinski definition) is 0. The summed E-state index contributed by atoms with van der Waals surface area (Å²) in [5.41, 5.74) is 1.96. The molecule has 1 amide bonds. The summed E-state index contributed by atoms with van der Waals surface area (Å²) in [6.45, 7) is 2.72. The molecule has 0 aliphatic carbocycles. The zero-order valence-corrected chi connectivity index (χ0v) is 11.7. The van der Waals surface area contributed by atoms with Gasteiger partial charge in [-0.25, -0.2) is 0 Å². The lowest BCUT2D eigenvalue weighted by Gasteiger charge is -2.22. The van der Waals surface area contributed by atoms with Gasteiger partial charge in [0.05, 0.1) is 18.2 Å². The quantitative estimate of drug-likeness (QED) is 0.866. The smallest absolute Gasteiger partial charge is 0.227 e. The van der Waals surface area contributed by atoms with Crippen LogP contribution in [0.2, 0.25) is 0 Å². The standard InChI is InChI=1S/C14H16N2O2S/c1-10-7-13(18-15-10)12-3-2-5-16(12)14(17)8-11-4-6-19-9-11/h4,6-7,9,12H,2-3,5,8H2,1H3. The van der Waals surface area contributed by atoms with Crippen molar-refractivity contribution in [2.24, 2.45) is 0 Å². The van der Waals surface area contributed by atoms with Gasteiger partial charge in [-0.2, -0.15) is 11.3 Å². The van der Waals surface area contributed by atoms with Gasteiger partial charge in [0.2, 0.25) is 5.91 Å². The second kappa shape index (κ2) is 5.17. The second-order valence-corrected chi connectivity index (χ2v) is 5.70. The number of likely N-dealkylation sites (tertiary alicyclic amines) is 1. The maximum Gasteiger partial charge on any atom is 0.227 e. The van der Waals surface area contributed by atoms with E-state index in [1.54, 1.807) is 11.3 Å². The van der Waals surface area contributed by atoms with Gasteiger partial charge in [0.25, 0.3) is 0 Å². The molecule has 5 heteroatoms. The highest BCUT2D eigenvalue weighted by Crippen LogP contribution is 2.32. The molecule has 0 bridgehead atoms. The Kier molecular flexibility index (Phi) is 3.38. The van der Waals surface area contributed by atoms with Gasteiger partial charge in [-0.1, -0.05) is 5.16 Å². The van der Waals surface area contributed by atoms with Crippen LogP contribution in [0, 0.1) is 6.92 Å². The average Bonchev–Trinajstić information content (AvgIpc) is 3.07. The van der Waals surface area contributed by atoms with Gasteiger partial charge in [-0.15, -0.1) is 0 Å². The van der Waals surface area contributed by atoms with Crippen molar-refractivity contribution < 1.29 is 9.32 Å². The molecule has 1 atom stereocenters. The van der Waals surface area contributed by atoms with Crippen LogP contribution in [0.1, 0.15) is 35.9 Å². The van der Waals surface area contributed by atoms with Crippen molar-refractivity contribution in [1.29, 1.82) is 0 Å². The Morgan fingerprint density at radius 1 is 1.63 bits per heavy atom. The SMILES string of the molecule is Cc1cc(C2CCCN2C(=O)Cc2ccsc2)on1. The minimum absolute atomic E-state index is 0.0623. The lowest BCUT2D eigenvalue weighted by Crippen LogP contribution is -2.31. The van der Waals surface area contributed by atoms with Gasteiger partial charge >= 0.3 is 0 Å². The van der Waals surface area contributed by atoms with Gasteiger partial charge in [0.1, 0.15) is 0 Å². The summed E-state index contributed by atoms with van der Waals surface area (Å²) in [7, 11) is 0. The Hall–Kier alpha value is -1.62. The third-order valence-corrected chi connectivity index (χ3v) is 4.22. The van der Waals surface area contributed by atoms with Crippen LogP contribution in [-0.4, -0.2) is 22.5 Å². The summed E-state index contributed by atoms with van der Waals surface area (Å²) >= 11 is 1.63. The zero-order valence-electron chi connectivity index (χ0n) is 10.8. The van der Waals surface area contributed by atoms with Gasteiger partial charge < -0.3 is 9.42 Å². The summed E-state index contributed by atoms with van der Waals surface area (Å²) in [5.74, 6) is 0.989. The zero-order chi connectivity index (χ0) is 13.2. The lowest BCUT2D eigenvalue weighted by molar-refractivity contribution is -0.131. The normalized spacial score (nSPS) is 19.0. The van der Waals surface area contributed by atoms with Gasteiger partial charge in [-0.3, -0.25) is 4.79 Å². The number of rotatable bonds is 3. The fraction of sp³-hybridized carbons (Fsp3) is 0.429. The Bertz CT molecular complexity index is 562. The van der Waals surface area contributed by atoms with E-state index >= 15 is 0 Å². The van der Waals surface area contributed by atoms with Crippen LogP contribution in [-0.2, 0) is 11.2 Å². The molecular weight excluding hydrogens is 260 g/mol. The molecule has 0 saturated carbocycles. The van der Waals surface area contributed by atoms with E-state index in [0.717, 1.165) is 36.4 Å². The predicted molar refractivity (Wildman–Crippen MR) is 73.0 cm³/mol. The third-order valence-electron chi connectivity index (χ3n) is 3.48. The van der Waals surface area contributed by atoms with Gasteiger partial charge in [-0.05, 0) is 42.2 Å². The van der Waals surface area contributed by atoms with E-state index in [0.29, 0.717) is 6.42 Å².